The first-order chi connectivity index (χ1) is 7.85. The Hall–Kier alpha value is -1.06. The van der Waals surface area contributed by atoms with Crippen LogP contribution in [0.5, 0.6) is 5.75 Å². The van der Waals surface area contributed by atoms with Crippen LogP contribution in [0.4, 0.5) is 0 Å². The zero-order valence-electron chi connectivity index (χ0n) is 11.3. The Kier molecular flexibility index (Phi) is 4.54. The van der Waals surface area contributed by atoms with Gasteiger partial charge < -0.3 is 10.8 Å². The summed E-state index contributed by atoms with van der Waals surface area (Å²) in [6, 6.07) is 7.71. The van der Waals surface area contributed by atoms with Crippen molar-refractivity contribution in [3.8, 4) is 5.75 Å². The Labute approximate surface area is 104 Å². The van der Waals surface area contributed by atoms with Crippen molar-refractivity contribution < 1.29 is 5.11 Å². The third kappa shape index (κ3) is 4.02. The summed E-state index contributed by atoms with van der Waals surface area (Å²) in [5.74, 6) is 0.311. The predicted molar refractivity (Wildman–Crippen MR) is 72.0 cm³/mol. The maximum absolute atomic E-state index is 9.27. The molecule has 3 nitrogen and oxygen atoms in total. The molecule has 96 valence electrons. The minimum atomic E-state index is 0.125. The number of phenolic OH excluding ortho intramolecular Hbond substituents is 1. The van der Waals surface area contributed by atoms with E-state index in [2.05, 4.69) is 32.7 Å². The van der Waals surface area contributed by atoms with Crippen molar-refractivity contribution in [1.29, 1.82) is 0 Å². The molecule has 1 aromatic carbocycles. The van der Waals surface area contributed by atoms with E-state index in [1.54, 1.807) is 12.1 Å². The van der Waals surface area contributed by atoms with Crippen LogP contribution in [0.3, 0.4) is 0 Å². The lowest BCUT2D eigenvalue weighted by atomic mass is 9.92. The lowest BCUT2D eigenvalue weighted by Gasteiger charge is -2.33. The summed E-state index contributed by atoms with van der Waals surface area (Å²) in [6.45, 7) is 8.14. The minimum absolute atomic E-state index is 0.125. The van der Waals surface area contributed by atoms with Crippen LogP contribution < -0.4 is 5.73 Å². The van der Waals surface area contributed by atoms with Gasteiger partial charge in [0.25, 0.3) is 0 Å². The molecule has 0 saturated carbocycles. The monoisotopic (exact) mass is 236 g/mol. The summed E-state index contributed by atoms with van der Waals surface area (Å²) in [7, 11) is 2.11. The fraction of sp³-hybridized carbons (Fsp3) is 0.571. The van der Waals surface area contributed by atoms with E-state index in [0.717, 1.165) is 6.54 Å². The average molecular weight is 236 g/mol. The molecule has 0 radical (unpaired) electrons. The molecule has 0 fully saturated rings. The van der Waals surface area contributed by atoms with Gasteiger partial charge in [-0.05, 0) is 43.6 Å². The Bertz CT molecular complexity index is 346. The number of benzene rings is 1. The van der Waals surface area contributed by atoms with Gasteiger partial charge in [0.15, 0.2) is 0 Å². The molecule has 0 spiro atoms. The predicted octanol–water partition coefficient (Wildman–Crippen LogP) is 2.37. The molecule has 17 heavy (non-hydrogen) atoms. The standard InChI is InChI=1S/C14H24N2O/c1-11(12-5-7-13(17)8-6-12)16(4)10-14(2,3)9-15/h5-8,11,17H,9-10,15H2,1-4H3. The molecule has 1 rings (SSSR count). The van der Waals surface area contributed by atoms with Crippen molar-refractivity contribution in [2.24, 2.45) is 11.1 Å². The highest BCUT2D eigenvalue weighted by atomic mass is 16.3. The van der Waals surface area contributed by atoms with Gasteiger partial charge in [-0.3, -0.25) is 4.90 Å². The molecule has 0 aliphatic rings. The molecular formula is C14H24N2O. The fourth-order valence-electron chi connectivity index (χ4n) is 1.88. The van der Waals surface area contributed by atoms with Gasteiger partial charge >= 0.3 is 0 Å². The van der Waals surface area contributed by atoms with E-state index in [0.29, 0.717) is 18.3 Å². The number of hydrogen-bond donors (Lipinski definition) is 2. The van der Waals surface area contributed by atoms with Crippen LogP contribution in [-0.4, -0.2) is 30.1 Å². The first-order valence-corrected chi connectivity index (χ1v) is 6.05. The topological polar surface area (TPSA) is 49.5 Å². The molecule has 0 heterocycles. The molecule has 0 amide bonds. The van der Waals surface area contributed by atoms with Crippen LogP contribution in [0.15, 0.2) is 24.3 Å². The second kappa shape index (κ2) is 5.52. The van der Waals surface area contributed by atoms with Gasteiger partial charge in [-0.2, -0.15) is 0 Å². The van der Waals surface area contributed by atoms with Gasteiger partial charge in [-0.25, -0.2) is 0 Å². The first kappa shape index (κ1) is 14.0. The highest BCUT2D eigenvalue weighted by molar-refractivity contribution is 5.27. The minimum Gasteiger partial charge on any atom is -0.508 e. The highest BCUT2D eigenvalue weighted by Crippen LogP contribution is 2.24. The van der Waals surface area contributed by atoms with Gasteiger partial charge in [0.05, 0.1) is 0 Å². The molecule has 0 aliphatic carbocycles. The average Bonchev–Trinajstić information content (AvgIpc) is 2.28. The maximum Gasteiger partial charge on any atom is 0.115 e. The second-order valence-electron chi connectivity index (χ2n) is 5.55. The van der Waals surface area contributed by atoms with Gasteiger partial charge in [0, 0.05) is 12.6 Å². The Morgan fingerprint density at radius 1 is 1.29 bits per heavy atom. The molecular weight excluding hydrogens is 212 g/mol. The quantitative estimate of drug-likeness (QED) is 0.825. The molecule has 0 aromatic heterocycles. The lowest BCUT2D eigenvalue weighted by Crippen LogP contribution is -2.37. The van der Waals surface area contributed by atoms with E-state index in [1.165, 1.54) is 5.56 Å². The molecule has 0 aliphatic heterocycles. The summed E-state index contributed by atoms with van der Waals surface area (Å²) < 4.78 is 0. The van der Waals surface area contributed by atoms with E-state index in [1.807, 2.05) is 12.1 Å². The Morgan fingerprint density at radius 3 is 2.29 bits per heavy atom. The molecule has 3 N–H and O–H groups in total. The van der Waals surface area contributed by atoms with Crippen LogP contribution in [-0.2, 0) is 0 Å². The van der Waals surface area contributed by atoms with Gasteiger partial charge in [-0.1, -0.05) is 26.0 Å². The van der Waals surface area contributed by atoms with Crippen molar-refractivity contribution in [3.63, 3.8) is 0 Å². The number of nitrogens with zero attached hydrogens (tertiary/aromatic N) is 1. The van der Waals surface area contributed by atoms with Crippen LogP contribution in [0.25, 0.3) is 0 Å². The second-order valence-corrected chi connectivity index (χ2v) is 5.55. The number of hydrogen-bond acceptors (Lipinski definition) is 3. The normalized spacial score (nSPS) is 14.0. The zero-order chi connectivity index (χ0) is 13.1. The van der Waals surface area contributed by atoms with E-state index in [-0.39, 0.29) is 5.41 Å². The van der Waals surface area contributed by atoms with Crippen LogP contribution in [0, 0.1) is 5.41 Å². The Balaban J connectivity index is 2.69. The van der Waals surface area contributed by atoms with E-state index >= 15 is 0 Å². The van der Waals surface area contributed by atoms with Crippen LogP contribution in [0.1, 0.15) is 32.4 Å². The number of nitrogens with two attached hydrogens (primary N) is 1. The number of rotatable bonds is 5. The van der Waals surface area contributed by atoms with Crippen molar-refractivity contribution in [3.05, 3.63) is 29.8 Å². The zero-order valence-corrected chi connectivity index (χ0v) is 11.3. The van der Waals surface area contributed by atoms with Crippen LogP contribution >= 0.6 is 0 Å². The molecule has 0 bridgehead atoms. The largest absolute Gasteiger partial charge is 0.508 e. The summed E-state index contributed by atoms with van der Waals surface area (Å²) in [5.41, 5.74) is 7.09. The fourth-order valence-corrected chi connectivity index (χ4v) is 1.88. The molecule has 0 saturated heterocycles. The molecule has 1 unspecified atom stereocenters. The summed E-state index contributed by atoms with van der Waals surface area (Å²) in [4.78, 5) is 2.29. The summed E-state index contributed by atoms with van der Waals surface area (Å²) in [5, 5.41) is 9.27. The third-order valence-electron chi connectivity index (χ3n) is 3.27. The third-order valence-corrected chi connectivity index (χ3v) is 3.27. The summed E-state index contributed by atoms with van der Waals surface area (Å²) in [6.07, 6.45) is 0. The highest BCUT2D eigenvalue weighted by Gasteiger charge is 2.21. The van der Waals surface area contributed by atoms with Crippen molar-refractivity contribution in [1.82, 2.24) is 4.90 Å². The maximum atomic E-state index is 9.27. The van der Waals surface area contributed by atoms with Crippen LogP contribution in [0.2, 0.25) is 0 Å². The van der Waals surface area contributed by atoms with E-state index in [9.17, 15) is 5.11 Å². The number of aromatic hydroxyl groups is 1. The smallest absolute Gasteiger partial charge is 0.115 e. The van der Waals surface area contributed by atoms with E-state index in [4.69, 9.17) is 5.73 Å². The molecule has 1 aromatic rings. The van der Waals surface area contributed by atoms with Crippen molar-refractivity contribution in [2.75, 3.05) is 20.1 Å². The number of phenols is 1. The lowest BCUT2D eigenvalue weighted by molar-refractivity contribution is 0.174. The van der Waals surface area contributed by atoms with Gasteiger partial charge in [0.1, 0.15) is 5.75 Å². The SMILES string of the molecule is CC(c1ccc(O)cc1)N(C)CC(C)(C)CN. The molecule has 1 atom stereocenters. The summed E-state index contributed by atoms with van der Waals surface area (Å²) >= 11 is 0. The van der Waals surface area contributed by atoms with Gasteiger partial charge in [-0.15, -0.1) is 0 Å². The molecule has 3 heteroatoms. The van der Waals surface area contributed by atoms with Crippen molar-refractivity contribution >= 4 is 0 Å². The van der Waals surface area contributed by atoms with Crippen molar-refractivity contribution in [2.45, 2.75) is 26.8 Å². The first-order valence-electron chi connectivity index (χ1n) is 6.05. The van der Waals surface area contributed by atoms with Gasteiger partial charge in [0.2, 0.25) is 0 Å². The van der Waals surface area contributed by atoms with E-state index < -0.39 is 0 Å². The Morgan fingerprint density at radius 2 is 1.82 bits per heavy atom.